The Morgan fingerprint density at radius 2 is 1.95 bits per heavy atom. The van der Waals surface area contributed by atoms with Gasteiger partial charge in [0.1, 0.15) is 17.5 Å². The summed E-state index contributed by atoms with van der Waals surface area (Å²) >= 11 is 13.0. The van der Waals surface area contributed by atoms with Crippen LogP contribution in [0.1, 0.15) is 16.8 Å². The Kier molecular flexibility index (Phi) is 5.12. The molecule has 1 heterocycles. The summed E-state index contributed by atoms with van der Waals surface area (Å²) in [6.07, 6.45) is 0. The lowest BCUT2D eigenvalue weighted by Gasteiger charge is -2.11. The number of aliphatic hydroxyl groups is 1. The van der Waals surface area contributed by atoms with Crippen LogP contribution in [0.25, 0.3) is 0 Å². The Hall–Kier alpha value is -0.560. The van der Waals surface area contributed by atoms with E-state index in [1.54, 1.807) is 11.7 Å². The fourth-order valence-electron chi connectivity index (χ4n) is 1.82. The lowest BCUT2D eigenvalue weighted by molar-refractivity contribution is 0.280. The number of aliphatic hydroxyl groups excluding tert-OH is 1. The molecular weight excluding hydrogens is 411 g/mol. The highest BCUT2D eigenvalue weighted by Gasteiger charge is 2.14. The molecule has 0 spiro atoms. The number of nitrogens with zero attached hydrogens (tertiary/aromatic N) is 2. The van der Waals surface area contributed by atoms with Gasteiger partial charge in [0, 0.05) is 12.6 Å². The van der Waals surface area contributed by atoms with Crippen LogP contribution < -0.4 is 4.74 Å². The van der Waals surface area contributed by atoms with Gasteiger partial charge < -0.3 is 9.84 Å². The van der Waals surface area contributed by atoms with Crippen molar-refractivity contribution in [3.63, 3.8) is 0 Å². The van der Waals surface area contributed by atoms with Crippen molar-refractivity contribution in [1.29, 1.82) is 0 Å². The Morgan fingerprint density at radius 1 is 1.35 bits per heavy atom. The summed E-state index contributed by atoms with van der Waals surface area (Å²) in [5, 5.41) is 14.0. The van der Waals surface area contributed by atoms with Crippen LogP contribution in [0.5, 0.6) is 5.75 Å². The predicted molar refractivity (Wildman–Crippen MR) is 85.1 cm³/mol. The van der Waals surface area contributed by atoms with Gasteiger partial charge in [0.25, 0.3) is 0 Å². The third kappa shape index (κ3) is 3.19. The predicted octanol–water partition coefficient (Wildman–Crippen LogP) is 3.98. The van der Waals surface area contributed by atoms with Gasteiger partial charge in [-0.25, -0.2) is 0 Å². The highest BCUT2D eigenvalue weighted by molar-refractivity contribution is 9.11. The molecular formula is C13H13Br2ClN2O2. The number of halogens is 3. The Bertz CT molecular complexity index is 621. The molecule has 0 aliphatic rings. The minimum Gasteiger partial charge on any atom is -0.486 e. The molecule has 0 saturated carbocycles. The molecule has 108 valence electrons. The second kappa shape index (κ2) is 6.47. The normalized spacial score (nSPS) is 10.9. The third-order valence-corrected chi connectivity index (χ3v) is 4.52. The molecule has 7 heteroatoms. The van der Waals surface area contributed by atoms with Crippen LogP contribution in [0.3, 0.4) is 0 Å². The van der Waals surface area contributed by atoms with Crippen molar-refractivity contribution in [2.24, 2.45) is 7.05 Å². The van der Waals surface area contributed by atoms with E-state index in [-0.39, 0.29) is 6.61 Å². The first kappa shape index (κ1) is 15.8. The standard InChI is InChI=1S/C13H13Br2ClN2O2/c1-7-9(13(16)18(2)17-7)6-20-12-10(14)3-8(5-19)4-11(12)15/h3-4,19H,5-6H2,1-2H3. The summed E-state index contributed by atoms with van der Waals surface area (Å²) in [5.74, 6) is 0.668. The van der Waals surface area contributed by atoms with Gasteiger partial charge >= 0.3 is 0 Å². The first-order valence-electron chi connectivity index (χ1n) is 5.83. The number of rotatable bonds is 4. The number of hydrogen-bond donors (Lipinski definition) is 1. The van der Waals surface area contributed by atoms with E-state index in [1.807, 2.05) is 19.1 Å². The second-order valence-electron chi connectivity index (χ2n) is 4.31. The largest absolute Gasteiger partial charge is 0.486 e. The van der Waals surface area contributed by atoms with E-state index < -0.39 is 0 Å². The molecule has 0 aliphatic carbocycles. The van der Waals surface area contributed by atoms with Gasteiger partial charge in [-0.3, -0.25) is 4.68 Å². The Balaban J connectivity index is 2.23. The van der Waals surface area contributed by atoms with Crippen molar-refractivity contribution in [1.82, 2.24) is 9.78 Å². The maximum Gasteiger partial charge on any atom is 0.148 e. The fraction of sp³-hybridized carbons (Fsp3) is 0.308. The summed E-state index contributed by atoms with van der Waals surface area (Å²) in [5.41, 5.74) is 2.50. The number of benzene rings is 1. The van der Waals surface area contributed by atoms with Crippen LogP contribution in [0.2, 0.25) is 5.15 Å². The number of hydrogen-bond acceptors (Lipinski definition) is 3. The van der Waals surface area contributed by atoms with Crippen molar-refractivity contribution < 1.29 is 9.84 Å². The fourth-order valence-corrected chi connectivity index (χ4v) is 3.56. The van der Waals surface area contributed by atoms with Gasteiger partial charge in [-0.15, -0.1) is 0 Å². The van der Waals surface area contributed by atoms with Crippen LogP contribution in [0.15, 0.2) is 21.1 Å². The minimum absolute atomic E-state index is 0.0228. The summed E-state index contributed by atoms with van der Waals surface area (Å²) < 4.78 is 8.98. The van der Waals surface area contributed by atoms with Crippen LogP contribution in [0, 0.1) is 6.92 Å². The van der Waals surface area contributed by atoms with Gasteiger partial charge in [-0.05, 0) is 56.5 Å². The van der Waals surface area contributed by atoms with Gasteiger partial charge in [-0.2, -0.15) is 5.10 Å². The summed E-state index contributed by atoms with van der Waals surface area (Å²) in [6.45, 7) is 2.20. The maximum absolute atomic E-state index is 9.15. The molecule has 0 aliphatic heterocycles. The molecule has 0 atom stereocenters. The minimum atomic E-state index is -0.0228. The van der Waals surface area contributed by atoms with Crippen LogP contribution in [-0.4, -0.2) is 14.9 Å². The van der Waals surface area contributed by atoms with Crippen molar-refractivity contribution in [2.75, 3.05) is 0 Å². The first-order chi connectivity index (χ1) is 9.43. The van der Waals surface area contributed by atoms with E-state index in [4.69, 9.17) is 21.4 Å². The SMILES string of the molecule is Cc1nn(C)c(Cl)c1COc1c(Br)cc(CO)cc1Br. The molecule has 0 saturated heterocycles. The van der Waals surface area contributed by atoms with E-state index >= 15 is 0 Å². The average molecular weight is 425 g/mol. The van der Waals surface area contributed by atoms with Crippen molar-refractivity contribution in [3.8, 4) is 5.75 Å². The average Bonchev–Trinajstić information content (AvgIpc) is 2.63. The monoisotopic (exact) mass is 422 g/mol. The van der Waals surface area contributed by atoms with Gasteiger partial charge in [-0.1, -0.05) is 11.6 Å². The smallest absolute Gasteiger partial charge is 0.148 e. The topological polar surface area (TPSA) is 47.3 Å². The molecule has 0 bridgehead atoms. The van der Waals surface area contributed by atoms with E-state index in [0.29, 0.717) is 17.5 Å². The van der Waals surface area contributed by atoms with Gasteiger partial charge in [0.2, 0.25) is 0 Å². The van der Waals surface area contributed by atoms with E-state index in [9.17, 15) is 0 Å². The van der Waals surface area contributed by atoms with Gasteiger partial charge in [0.05, 0.1) is 21.2 Å². The molecule has 2 aromatic rings. The summed E-state index contributed by atoms with van der Waals surface area (Å²) in [7, 11) is 1.79. The first-order valence-corrected chi connectivity index (χ1v) is 7.80. The van der Waals surface area contributed by atoms with Crippen LogP contribution in [0.4, 0.5) is 0 Å². The molecule has 0 fully saturated rings. The molecule has 1 aromatic carbocycles. The lowest BCUT2D eigenvalue weighted by Crippen LogP contribution is -1.99. The van der Waals surface area contributed by atoms with Crippen molar-refractivity contribution in [3.05, 3.63) is 43.1 Å². The molecule has 20 heavy (non-hydrogen) atoms. The molecule has 1 aromatic heterocycles. The highest BCUT2D eigenvalue weighted by Crippen LogP contribution is 2.36. The summed E-state index contributed by atoms with van der Waals surface area (Å²) in [6, 6.07) is 3.63. The van der Waals surface area contributed by atoms with Crippen LogP contribution in [-0.2, 0) is 20.3 Å². The van der Waals surface area contributed by atoms with Crippen LogP contribution >= 0.6 is 43.5 Å². The van der Waals surface area contributed by atoms with Gasteiger partial charge in [0.15, 0.2) is 0 Å². The number of aromatic nitrogens is 2. The Labute approximate surface area is 139 Å². The Morgan fingerprint density at radius 3 is 2.40 bits per heavy atom. The highest BCUT2D eigenvalue weighted by atomic mass is 79.9. The van der Waals surface area contributed by atoms with E-state index in [2.05, 4.69) is 37.0 Å². The quantitative estimate of drug-likeness (QED) is 0.808. The number of ether oxygens (including phenoxy) is 1. The molecule has 2 rings (SSSR count). The maximum atomic E-state index is 9.15. The molecule has 4 nitrogen and oxygen atoms in total. The van der Waals surface area contributed by atoms with E-state index in [0.717, 1.165) is 25.8 Å². The van der Waals surface area contributed by atoms with Crippen molar-refractivity contribution >= 4 is 43.5 Å². The molecule has 0 radical (unpaired) electrons. The zero-order valence-electron chi connectivity index (χ0n) is 11.0. The molecule has 0 unspecified atom stereocenters. The third-order valence-electron chi connectivity index (χ3n) is 2.87. The van der Waals surface area contributed by atoms with Crippen molar-refractivity contribution in [2.45, 2.75) is 20.1 Å². The summed E-state index contributed by atoms with van der Waals surface area (Å²) in [4.78, 5) is 0. The zero-order valence-corrected chi connectivity index (χ0v) is 14.9. The number of aryl methyl sites for hydroxylation is 2. The lowest BCUT2D eigenvalue weighted by atomic mass is 10.2. The second-order valence-corrected chi connectivity index (χ2v) is 6.38. The molecule has 1 N–H and O–H groups in total. The van der Waals surface area contributed by atoms with E-state index in [1.165, 1.54) is 0 Å². The molecule has 0 amide bonds. The zero-order chi connectivity index (χ0) is 14.9.